The summed E-state index contributed by atoms with van der Waals surface area (Å²) >= 11 is 1.15. The van der Waals surface area contributed by atoms with Crippen molar-refractivity contribution in [2.45, 2.75) is 6.92 Å². The summed E-state index contributed by atoms with van der Waals surface area (Å²) in [5.41, 5.74) is 2.10. The number of aromatic nitrogens is 1. The van der Waals surface area contributed by atoms with Crippen LogP contribution in [0.2, 0.25) is 0 Å². The average Bonchev–Trinajstić information content (AvgIpc) is 2.88. The van der Waals surface area contributed by atoms with Gasteiger partial charge in [0.1, 0.15) is 4.88 Å². The average molecular weight is 261 g/mol. The van der Waals surface area contributed by atoms with Gasteiger partial charge in [0.25, 0.3) is 0 Å². The molecule has 0 N–H and O–H groups in total. The monoisotopic (exact) mass is 261 g/mol. The smallest absolute Gasteiger partial charge is 0.358 e. The molecule has 0 aliphatic carbocycles. The summed E-state index contributed by atoms with van der Waals surface area (Å²) in [6.07, 6.45) is 0. The first-order valence-electron chi connectivity index (χ1n) is 5.44. The highest BCUT2D eigenvalue weighted by Gasteiger charge is 2.22. The zero-order chi connectivity index (χ0) is 13.0. The Morgan fingerprint density at radius 3 is 2.67 bits per heavy atom. The molecular formula is C13H11NO3S. The normalized spacial score (nSPS) is 10.1. The topological polar surface area (TPSA) is 56.3 Å². The summed E-state index contributed by atoms with van der Waals surface area (Å²) in [4.78, 5) is 28.1. The third kappa shape index (κ3) is 2.46. The first kappa shape index (κ1) is 12.4. The van der Waals surface area contributed by atoms with Gasteiger partial charge in [-0.1, -0.05) is 30.3 Å². The molecule has 0 unspecified atom stereocenters. The molecule has 92 valence electrons. The zero-order valence-corrected chi connectivity index (χ0v) is 10.6. The van der Waals surface area contributed by atoms with Crippen LogP contribution >= 0.6 is 11.3 Å². The second-order valence-corrected chi connectivity index (χ2v) is 4.30. The SMILES string of the molecule is CCOC(=O)c1ncsc1C(=O)c1ccccc1. The van der Waals surface area contributed by atoms with E-state index in [1.165, 1.54) is 5.51 Å². The lowest BCUT2D eigenvalue weighted by Gasteiger charge is -2.01. The minimum Gasteiger partial charge on any atom is -0.461 e. The lowest BCUT2D eigenvalue weighted by molar-refractivity contribution is 0.0517. The van der Waals surface area contributed by atoms with Crippen LogP contribution in [0.3, 0.4) is 0 Å². The number of benzene rings is 1. The Kier molecular flexibility index (Phi) is 3.84. The number of carbonyl (C=O) groups is 2. The van der Waals surface area contributed by atoms with Crippen LogP contribution in [0, 0.1) is 0 Å². The van der Waals surface area contributed by atoms with E-state index < -0.39 is 5.97 Å². The number of ether oxygens (including phenoxy) is 1. The van der Waals surface area contributed by atoms with Gasteiger partial charge in [-0.05, 0) is 6.92 Å². The van der Waals surface area contributed by atoms with Crippen molar-refractivity contribution >= 4 is 23.1 Å². The van der Waals surface area contributed by atoms with Crippen molar-refractivity contribution in [2.75, 3.05) is 6.61 Å². The summed E-state index contributed by atoms with van der Waals surface area (Å²) in [6.45, 7) is 1.97. The molecule has 0 atom stereocenters. The number of hydrogen-bond donors (Lipinski definition) is 0. The molecule has 18 heavy (non-hydrogen) atoms. The van der Waals surface area contributed by atoms with Gasteiger partial charge in [-0.3, -0.25) is 4.79 Å². The van der Waals surface area contributed by atoms with E-state index in [0.29, 0.717) is 10.4 Å². The number of carbonyl (C=O) groups excluding carboxylic acids is 2. The third-order valence-electron chi connectivity index (χ3n) is 2.28. The molecule has 5 heteroatoms. The van der Waals surface area contributed by atoms with E-state index in [1.54, 1.807) is 31.2 Å². The van der Waals surface area contributed by atoms with Gasteiger partial charge >= 0.3 is 5.97 Å². The van der Waals surface area contributed by atoms with Crippen LogP contribution in [-0.2, 0) is 4.74 Å². The standard InChI is InChI=1S/C13H11NO3S/c1-2-17-13(16)10-12(18-8-14-10)11(15)9-6-4-3-5-7-9/h3-8H,2H2,1H3. The molecule has 1 aromatic carbocycles. The predicted octanol–water partition coefficient (Wildman–Crippen LogP) is 2.55. The Hall–Kier alpha value is -2.01. The molecule has 0 bridgehead atoms. The first-order valence-corrected chi connectivity index (χ1v) is 6.32. The predicted molar refractivity (Wildman–Crippen MR) is 67.9 cm³/mol. The second-order valence-electron chi connectivity index (χ2n) is 3.45. The minimum atomic E-state index is -0.557. The number of ketones is 1. The van der Waals surface area contributed by atoms with Crippen molar-refractivity contribution in [3.05, 3.63) is 52.0 Å². The van der Waals surface area contributed by atoms with E-state index in [9.17, 15) is 9.59 Å². The maximum Gasteiger partial charge on any atom is 0.358 e. The van der Waals surface area contributed by atoms with E-state index in [-0.39, 0.29) is 18.1 Å². The van der Waals surface area contributed by atoms with Gasteiger partial charge in [-0.2, -0.15) is 0 Å². The second kappa shape index (κ2) is 5.55. The molecule has 0 amide bonds. The molecule has 1 heterocycles. The maximum absolute atomic E-state index is 12.2. The Balaban J connectivity index is 2.32. The van der Waals surface area contributed by atoms with E-state index in [0.717, 1.165) is 11.3 Å². The van der Waals surface area contributed by atoms with Crippen LogP contribution in [0.25, 0.3) is 0 Å². The summed E-state index contributed by atoms with van der Waals surface area (Å²) in [5, 5.41) is 0. The minimum absolute atomic E-state index is 0.0932. The van der Waals surface area contributed by atoms with Crippen LogP contribution in [0.1, 0.15) is 32.6 Å². The van der Waals surface area contributed by atoms with Crippen LogP contribution in [0.4, 0.5) is 0 Å². The van der Waals surface area contributed by atoms with E-state index >= 15 is 0 Å². The fourth-order valence-electron chi connectivity index (χ4n) is 1.47. The fourth-order valence-corrected chi connectivity index (χ4v) is 2.21. The van der Waals surface area contributed by atoms with E-state index in [1.807, 2.05) is 6.07 Å². The molecule has 1 aromatic heterocycles. The molecule has 2 aromatic rings. The molecule has 4 nitrogen and oxygen atoms in total. The summed E-state index contributed by atoms with van der Waals surface area (Å²) in [7, 11) is 0. The maximum atomic E-state index is 12.2. The lowest BCUT2D eigenvalue weighted by atomic mass is 10.1. The summed E-state index contributed by atoms with van der Waals surface area (Å²) < 4.78 is 4.87. The van der Waals surface area contributed by atoms with Crippen molar-refractivity contribution in [3.8, 4) is 0 Å². The Morgan fingerprint density at radius 1 is 1.28 bits per heavy atom. The quantitative estimate of drug-likeness (QED) is 0.627. The molecule has 0 spiro atoms. The van der Waals surface area contributed by atoms with Gasteiger partial charge in [-0.15, -0.1) is 11.3 Å². The van der Waals surface area contributed by atoms with Gasteiger partial charge in [-0.25, -0.2) is 9.78 Å². The lowest BCUT2D eigenvalue weighted by Crippen LogP contribution is -2.11. The van der Waals surface area contributed by atoms with Crippen LogP contribution < -0.4 is 0 Å². The van der Waals surface area contributed by atoms with Gasteiger partial charge in [0.2, 0.25) is 5.78 Å². The zero-order valence-electron chi connectivity index (χ0n) is 9.75. The van der Waals surface area contributed by atoms with Gasteiger partial charge in [0.15, 0.2) is 5.69 Å². The third-order valence-corrected chi connectivity index (χ3v) is 3.10. The molecular weight excluding hydrogens is 250 g/mol. The Bertz CT molecular complexity index is 563. The number of thiazole rings is 1. The first-order chi connectivity index (χ1) is 8.74. The Labute approximate surface area is 108 Å². The van der Waals surface area contributed by atoms with Gasteiger partial charge in [0, 0.05) is 5.56 Å². The number of hydrogen-bond acceptors (Lipinski definition) is 5. The van der Waals surface area contributed by atoms with Gasteiger partial charge < -0.3 is 4.74 Å². The van der Waals surface area contributed by atoms with Crippen molar-refractivity contribution in [2.24, 2.45) is 0 Å². The molecule has 0 aliphatic heterocycles. The van der Waals surface area contributed by atoms with Gasteiger partial charge in [0.05, 0.1) is 12.1 Å². The highest BCUT2D eigenvalue weighted by molar-refractivity contribution is 7.12. The molecule has 0 aliphatic rings. The Morgan fingerprint density at radius 2 is 2.00 bits per heavy atom. The van der Waals surface area contributed by atoms with E-state index in [2.05, 4.69) is 4.98 Å². The molecule has 0 fully saturated rings. The van der Waals surface area contributed by atoms with Crippen molar-refractivity contribution in [1.82, 2.24) is 4.98 Å². The van der Waals surface area contributed by atoms with Crippen molar-refractivity contribution in [1.29, 1.82) is 0 Å². The van der Waals surface area contributed by atoms with Crippen LogP contribution in [0.5, 0.6) is 0 Å². The number of esters is 1. The highest BCUT2D eigenvalue weighted by atomic mass is 32.1. The molecule has 2 rings (SSSR count). The largest absolute Gasteiger partial charge is 0.461 e. The van der Waals surface area contributed by atoms with Crippen LogP contribution in [0.15, 0.2) is 35.8 Å². The number of nitrogens with zero attached hydrogens (tertiary/aromatic N) is 1. The molecule has 0 radical (unpaired) electrons. The summed E-state index contributed by atoms with van der Waals surface area (Å²) in [6, 6.07) is 8.79. The van der Waals surface area contributed by atoms with Crippen molar-refractivity contribution in [3.63, 3.8) is 0 Å². The fraction of sp³-hybridized carbons (Fsp3) is 0.154. The van der Waals surface area contributed by atoms with Crippen molar-refractivity contribution < 1.29 is 14.3 Å². The van der Waals surface area contributed by atoms with E-state index in [4.69, 9.17) is 4.74 Å². The number of rotatable bonds is 4. The molecule has 0 saturated carbocycles. The molecule has 0 saturated heterocycles. The van der Waals surface area contributed by atoms with Crippen LogP contribution in [-0.4, -0.2) is 23.3 Å². The highest BCUT2D eigenvalue weighted by Crippen LogP contribution is 2.19. The summed E-state index contributed by atoms with van der Waals surface area (Å²) in [5.74, 6) is -0.765.